The predicted molar refractivity (Wildman–Crippen MR) is 95.8 cm³/mol. The normalized spacial score (nSPS) is 10.8. The molecule has 0 amide bonds. The third-order valence-electron chi connectivity index (χ3n) is 4.15. The zero-order valence-electron chi connectivity index (χ0n) is 13.6. The van der Waals surface area contributed by atoms with Gasteiger partial charge in [0.25, 0.3) is 11.6 Å². The summed E-state index contributed by atoms with van der Waals surface area (Å²) >= 11 is 5.85. The van der Waals surface area contributed by atoms with Crippen molar-refractivity contribution in [3.63, 3.8) is 0 Å². The third kappa shape index (κ3) is 3.04. The molecule has 0 radical (unpaired) electrons. The zero-order chi connectivity index (χ0) is 19.0. The number of halogens is 1. The molecule has 0 aliphatic carbocycles. The molecule has 1 aromatic heterocycles. The van der Waals surface area contributed by atoms with Crippen LogP contribution in [-0.4, -0.2) is 26.5 Å². The van der Waals surface area contributed by atoms with E-state index in [1.54, 1.807) is 31.2 Å². The van der Waals surface area contributed by atoms with Gasteiger partial charge in [-0.2, -0.15) is 0 Å². The molecule has 0 spiro atoms. The fourth-order valence-corrected chi connectivity index (χ4v) is 3.07. The van der Waals surface area contributed by atoms with Gasteiger partial charge >= 0.3 is 5.97 Å². The molecule has 8 heteroatoms. The molecule has 0 saturated carbocycles. The molecule has 26 heavy (non-hydrogen) atoms. The molecule has 2 aromatic carbocycles. The van der Waals surface area contributed by atoms with Crippen molar-refractivity contribution < 1.29 is 19.6 Å². The van der Waals surface area contributed by atoms with Crippen LogP contribution in [0.1, 0.15) is 21.6 Å². The number of nitro groups is 1. The number of non-ortho nitro benzene ring substituents is 1. The lowest BCUT2D eigenvalue weighted by Crippen LogP contribution is -2.14. The Hall–Kier alpha value is -3.19. The summed E-state index contributed by atoms with van der Waals surface area (Å²) in [5.41, 5.74) is 1.43. The fourth-order valence-electron chi connectivity index (χ4n) is 2.94. The summed E-state index contributed by atoms with van der Waals surface area (Å²) < 4.78 is 1.38. The van der Waals surface area contributed by atoms with Crippen molar-refractivity contribution in [3.05, 3.63) is 74.4 Å². The Kier molecular flexibility index (Phi) is 4.48. The van der Waals surface area contributed by atoms with Crippen LogP contribution in [0.3, 0.4) is 0 Å². The smallest absolute Gasteiger partial charge is 0.307 e. The number of carbonyl (C=O) groups excluding carboxylic acids is 1. The minimum absolute atomic E-state index is 0.166. The Labute approximate surface area is 152 Å². The van der Waals surface area contributed by atoms with Gasteiger partial charge in [-0.3, -0.25) is 24.3 Å². The van der Waals surface area contributed by atoms with E-state index in [2.05, 4.69) is 0 Å². The second-order valence-corrected chi connectivity index (χ2v) is 6.18. The Balaban J connectivity index is 2.26. The topological polar surface area (TPSA) is 102 Å². The molecular formula is C18H13ClN2O5. The molecule has 132 valence electrons. The molecule has 3 rings (SSSR count). The lowest BCUT2D eigenvalue weighted by atomic mass is 10.1. The van der Waals surface area contributed by atoms with Gasteiger partial charge in [0.05, 0.1) is 16.9 Å². The average Bonchev–Trinajstić information content (AvgIpc) is 2.86. The first kappa shape index (κ1) is 17.6. The summed E-state index contributed by atoms with van der Waals surface area (Å²) in [6.07, 6.45) is -0.343. The number of rotatable bonds is 4. The van der Waals surface area contributed by atoms with Gasteiger partial charge in [0.15, 0.2) is 0 Å². The van der Waals surface area contributed by atoms with Gasteiger partial charge in [-0.25, -0.2) is 0 Å². The second-order valence-electron chi connectivity index (χ2n) is 5.74. The van der Waals surface area contributed by atoms with Crippen molar-refractivity contribution >= 4 is 40.1 Å². The molecular weight excluding hydrogens is 360 g/mol. The van der Waals surface area contributed by atoms with Gasteiger partial charge in [-0.05, 0) is 42.8 Å². The number of hydrogen-bond acceptors (Lipinski definition) is 4. The number of carboxylic acids is 1. The maximum absolute atomic E-state index is 12.9. The average molecular weight is 373 g/mol. The van der Waals surface area contributed by atoms with Crippen LogP contribution in [0.15, 0.2) is 42.5 Å². The number of benzene rings is 2. The number of carboxylic acid groups (broad SMARTS) is 1. The fraction of sp³-hybridized carbons (Fsp3) is 0.111. The minimum Gasteiger partial charge on any atom is -0.481 e. The molecule has 0 atom stereocenters. The monoisotopic (exact) mass is 372 g/mol. The van der Waals surface area contributed by atoms with Gasteiger partial charge in [-0.1, -0.05) is 11.6 Å². The predicted octanol–water partition coefficient (Wildman–Crippen LogP) is 3.83. The highest BCUT2D eigenvalue weighted by atomic mass is 35.5. The summed E-state index contributed by atoms with van der Waals surface area (Å²) in [5, 5.41) is 21.1. The van der Waals surface area contributed by atoms with Gasteiger partial charge in [0.1, 0.15) is 0 Å². The van der Waals surface area contributed by atoms with E-state index in [0.717, 1.165) is 0 Å². The molecule has 0 bridgehead atoms. The van der Waals surface area contributed by atoms with Gasteiger partial charge in [-0.15, -0.1) is 0 Å². The van der Waals surface area contributed by atoms with Crippen molar-refractivity contribution in [2.45, 2.75) is 13.3 Å². The molecule has 0 unspecified atom stereocenters. The summed E-state index contributed by atoms with van der Waals surface area (Å²) in [7, 11) is 0. The first-order valence-corrected chi connectivity index (χ1v) is 7.97. The van der Waals surface area contributed by atoms with Crippen LogP contribution < -0.4 is 0 Å². The van der Waals surface area contributed by atoms with E-state index < -0.39 is 10.9 Å². The number of nitro benzene ring substituents is 1. The molecule has 3 aromatic rings. The lowest BCUT2D eigenvalue weighted by Gasteiger charge is -2.07. The minimum atomic E-state index is -1.09. The van der Waals surface area contributed by atoms with Crippen LogP contribution in [0.5, 0.6) is 0 Å². The van der Waals surface area contributed by atoms with E-state index in [-0.39, 0.29) is 18.0 Å². The van der Waals surface area contributed by atoms with Crippen LogP contribution >= 0.6 is 11.6 Å². The first-order valence-electron chi connectivity index (χ1n) is 7.60. The highest BCUT2D eigenvalue weighted by Gasteiger charge is 2.23. The number of hydrogen-bond donors (Lipinski definition) is 1. The number of aromatic nitrogens is 1. The van der Waals surface area contributed by atoms with E-state index >= 15 is 0 Å². The van der Waals surface area contributed by atoms with Crippen LogP contribution in [0.25, 0.3) is 10.9 Å². The molecule has 0 aliphatic rings. The van der Waals surface area contributed by atoms with Crippen molar-refractivity contribution in [1.29, 1.82) is 0 Å². The van der Waals surface area contributed by atoms with Crippen molar-refractivity contribution in [2.75, 3.05) is 0 Å². The van der Waals surface area contributed by atoms with Crippen LogP contribution in [-0.2, 0) is 11.2 Å². The Morgan fingerprint density at radius 1 is 1.19 bits per heavy atom. The van der Waals surface area contributed by atoms with Crippen LogP contribution in [0.4, 0.5) is 5.69 Å². The molecule has 7 nitrogen and oxygen atoms in total. The standard InChI is InChI=1S/C18H13ClN2O5/c1-10-14(9-17(22)23)15-8-13(21(25)26)6-7-16(15)20(10)18(24)11-2-4-12(19)5-3-11/h2-8H,9H2,1H3,(H,22,23). The molecule has 1 N–H and O–H groups in total. The SMILES string of the molecule is Cc1c(CC(=O)O)c2cc([N+](=O)[O-])ccc2n1C(=O)c1ccc(Cl)cc1. The Morgan fingerprint density at radius 3 is 2.42 bits per heavy atom. The number of fused-ring (bicyclic) bond motifs is 1. The third-order valence-corrected chi connectivity index (χ3v) is 4.40. The molecule has 0 aliphatic heterocycles. The highest BCUT2D eigenvalue weighted by Crippen LogP contribution is 2.30. The highest BCUT2D eigenvalue weighted by molar-refractivity contribution is 6.30. The number of aliphatic carboxylic acids is 1. The van der Waals surface area contributed by atoms with E-state index in [0.29, 0.717) is 32.7 Å². The number of carbonyl (C=O) groups is 2. The number of nitrogens with zero attached hydrogens (tertiary/aromatic N) is 2. The zero-order valence-corrected chi connectivity index (χ0v) is 14.4. The van der Waals surface area contributed by atoms with Crippen molar-refractivity contribution in [3.8, 4) is 0 Å². The summed E-state index contributed by atoms with van der Waals surface area (Å²) in [5.74, 6) is -1.45. The maximum atomic E-state index is 12.9. The summed E-state index contributed by atoms with van der Waals surface area (Å²) in [6.45, 7) is 1.62. The lowest BCUT2D eigenvalue weighted by molar-refractivity contribution is -0.384. The quantitative estimate of drug-likeness (QED) is 0.553. The van der Waals surface area contributed by atoms with Crippen LogP contribution in [0, 0.1) is 17.0 Å². The Bertz CT molecular complexity index is 1050. The van der Waals surface area contributed by atoms with E-state index in [4.69, 9.17) is 11.6 Å². The second kappa shape index (κ2) is 6.61. The van der Waals surface area contributed by atoms with Gasteiger partial charge in [0, 0.05) is 33.8 Å². The molecule has 0 saturated heterocycles. The summed E-state index contributed by atoms with van der Waals surface area (Å²) in [4.78, 5) is 34.7. The van der Waals surface area contributed by atoms with Crippen molar-refractivity contribution in [2.24, 2.45) is 0 Å². The van der Waals surface area contributed by atoms with Crippen molar-refractivity contribution in [1.82, 2.24) is 4.57 Å². The van der Waals surface area contributed by atoms with E-state index in [1.807, 2.05) is 0 Å². The molecule has 0 fully saturated rings. The van der Waals surface area contributed by atoms with Crippen LogP contribution in [0.2, 0.25) is 5.02 Å². The van der Waals surface area contributed by atoms with E-state index in [1.165, 1.54) is 22.8 Å². The van der Waals surface area contributed by atoms with Gasteiger partial charge < -0.3 is 5.11 Å². The maximum Gasteiger partial charge on any atom is 0.307 e. The van der Waals surface area contributed by atoms with Gasteiger partial charge in [0.2, 0.25) is 0 Å². The Morgan fingerprint density at radius 2 is 1.85 bits per heavy atom. The summed E-state index contributed by atoms with van der Waals surface area (Å²) in [6, 6.07) is 10.3. The first-order chi connectivity index (χ1) is 12.3. The largest absolute Gasteiger partial charge is 0.481 e. The van der Waals surface area contributed by atoms with E-state index in [9.17, 15) is 24.8 Å². The molecule has 1 heterocycles.